The van der Waals surface area contributed by atoms with Gasteiger partial charge in [-0.15, -0.1) is 0 Å². The molecule has 0 N–H and O–H groups in total. The van der Waals surface area contributed by atoms with Crippen LogP contribution in [0.15, 0.2) is 24.3 Å². The van der Waals surface area contributed by atoms with Gasteiger partial charge in [-0.05, 0) is 38.5 Å². The first-order valence-corrected chi connectivity index (χ1v) is 8.68. The van der Waals surface area contributed by atoms with Crippen molar-refractivity contribution >= 4 is 12.4 Å². The maximum absolute atomic E-state index is 13.2. The Kier molecular flexibility index (Phi) is 6.72. The van der Waals surface area contributed by atoms with Gasteiger partial charge in [0.2, 0.25) is 0 Å². The van der Waals surface area contributed by atoms with E-state index in [1.807, 2.05) is 25.7 Å². The Morgan fingerprint density at radius 3 is 2.50 bits per heavy atom. The molecule has 0 spiro atoms. The molecule has 0 radical (unpaired) electrons. The summed E-state index contributed by atoms with van der Waals surface area (Å²) in [6.45, 7) is 7.17. The fraction of sp³-hybridized carbons (Fsp3) is 0.579. The van der Waals surface area contributed by atoms with E-state index in [4.69, 9.17) is 9.47 Å². The van der Waals surface area contributed by atoms with E-state index in [2.05, 4.69) is 0 Å². The summed E-state index contributed by atoms with van der Waals surface area (Å²) in [5.74, 6) is -0.346. The number of aldehydes is 1. The molecule has 0 saturated carbocycles. The minimum Gasteiger partial charge on any atom is -0.444 e. The van der Waals surface area contributed by atoms with Gasteiger partial charge in [0.1, 0.15) is 17.7 Å². The van der Waals surface area contributed by atoms with Crippen LogP contribution in [0.25, 0.3) is 0 Å². The van der Waals surface area contributed by atoms with Gasteiger partial charge in [0.05, 0.1) is 18.7 Å². The maximum Gasteiger partial charge on any atom is 0.410 e. The number of hydrogen-bond donors (Lipinski definition) is 0. The summed E-state index contributed by atoms with van der Waals surface area (Å²) in [5, 5.41) is 0. The third-order valence-corrected chi connectivity index (χ3v) is 4.24. The van der Waals surface area contributed by atoms with Crippen LogP contribution >= 0.6 is 0 Å². The highest BCUT2D eigenvalue weighted by Crippen LogP contribution is 2.25. The molecule has 1 aromatic carbocycles. The second kappa shape index (κ2) is 8.60. The van der Waals surface area contributed by atoms with Gasteiger partial charge in [-0.2, -0.15) is 0 Å². The zero-order valence-electron chi connectivity index (χ0n) is 15.8. The molecule has 1 aromatic rings. The van der Waals surface area contributed by atoms with Crippen LogP contribution in [-0.2, 0) is 14.3 Å². The predicted octanol–water partition coefficient (Wildman–Crippen LogP) is 2.63. The van der Waals surface area contributed by atoms with Crippen molar-refractivity contribution in [2.24, 2.45) is 0 Å². The summed E-state index contributed by atoms with van der Waals surface area (Å²) in [7, 11) is 1.58. The number of carbonyl (C=O) groups excluding carboxylic acids is 2. The lowest BCUT2D eigenvalue weighted by Crippen LogP contribution is -2.58. The Hall–Kier alpha value is -1.99. The largest absolute Gasteiger partial charge is 0.444 e. The fourth-order valence-corrected chi connectivity index (χ4v) is 3.08. The van der Waals surface area contributed by atoms with Gasteiger partial charge in [0.15, 0.2) is 0 Å². The van der Waals surface area contributed by atoms with Crippen LogP contribution in [0.1, 0.15) is 32.4 Å². The molecule has 2 atom stereocenters. The molecule has 6 nitrogen and oxygen atoms in total. The van der Waals surface area contributed by atoms with Crippen LogP contribution in [-0.4, -0.2) is 67.2 Å². The number of benzene rings is 1. The van der Waals surface area contributed by atoms with Crippen LogP contribution in [0, 0.1) is 5.82 Å². The molecule has 1 fully saturated rings. The molecular weight excluding hydrogens is 339 g/mol. The number of hydrogen-bond acceptors (Lipinski definition) is 5. The van der Waals surface area contributed by atoms with Gasteiger partial charge in [0.25, 0.3) is 0 Å². The lowest BCUT2D eigenvalue weighted by molar-refractivity contribution is -0.115. The van der Waals surface area contributed by atoms with Crippen molar-refractivity contribution in [2.75, 3.05) is 33.4 Å². The maximum atomic E-state index is 13.2. The second-order valence-corrected chi connectivity index (χ2v) is 7.41. The van der Waals surface area contributed by atoms with Crippen LogP contribution in [0.2, 0.25) is 0 Å². The van der Waals surface area contributed by atoms with E-state index in [0.717, 1.165) is 6.29 Å². The van der Waals surface area contributed by atoms with Gasteiger partial charge in [-0.3, -0.25) is 4.90 Å². The van der Waals surface area contributed by atoms with Gasteiger partial charge < -0.3 is 19.2 Å². The van der Waals surface area contributed by atoms with E-state index in [0.29, 0.717) is 31.8 Å². The average molecular weight is 366 g/mol. The summed E-state index contributed by atoms with van der Waals surface area (Å²) in [5.41, 5.74) is 0.151. The number of nitrogens with zero attached hydrogens (tertiary/aromatic N) is 2. The Morgan fingerprint density at radius 2 is 1.96 bits per heavy atom. The molecule has 1 heterocycles. The summed E-state index contributed by atoms with van der Waals surface area (Å²) < 4.78 is 23.9. The van der Waals surface area contributed by atoms with Crippen LogP contribution in [0.4, 0.5) is 9.18 Å². The second-order valence-electron chi connectivity index (χ2n) is 7.41. The van der Waals surface area contributed by atoms with E-state index >= 15 is 0 Å². The molecule has 0 aromatic heterocycles. The lowest BCUT2D eigenvalue weighted by atomic mass is 10.0. The van der Waals surface area contributed by atoms with Crippen LogP contribution in [0.5, 0.6) is 0 Å². The Labute approximate surface area is 153 Å². The highest BCUT2D eigenvalue weighted by Gasteiger charge is 2.35. The van der Waals surface area contributed by atoms with Crippen molar-refractivity contribution in [3.63, 3.8) is 0 Å². The molecule has 1 saturated heterocycles. The number of carbonyl (C=O) groups is 2. The Morgan fingerprint density at radius 1 is 1.31 bits per heavy atom. The van der Waals surface area contributed by atoms with E-state index in [1.165, 1.54) is 12.1 Å². The van der Waals surface area contributed by atoms with Crippen molar-refractivity contribution in [1.29, 1.82) is 0 Å². The van der Waals surface area contributed by atoms with Crippen LogP contribution in [0.3, 0.4) is 0 Å². The topological polar surface area (TPSA) is 59.1 Å². The molecule has 0 bridgehead atoms. The number of rotatable bonds is 5. The molecule has 1 unspecified atom stereocenters. The highest BCUT2D eigenvalue weighted by atomic mass is 19.1. The molecule has 1 amide bonds. The molecule has 7 heteroatoms. The minimum atomic E-state index is -0.565. The van der Waals surface area contributed by atoms with Gasteiger partial charge in [-0.1, -0.05) is 12.1 Å². The predicted molar refractivity (Wildman–Crippen MR) is 95.4 cm³/mol. The first-order chi connectivity index (χ1) is 12.2. The van der Waals surface area contributed by atoms with Crippen molar-refractivity contribution in [2.45, 2.75) is 38.5 Å². The molecule has 0 aliphatic carbocycles. The number of halogens is 1. The fourth-order valence-electron chi connectivity index (χ4n) is 3.08. The summed E-state index contributed by atoms with van der Waals surface area (Å²) in [6, 6.07) is 5.22. The van der Waals surface area contributed by atoms with Crippen molar-refractivity contribution in [3.05, 3.63) is 35.6 Å². The summed E-state index contributed by atoms with van der Waals surface area (Å²) >= 11 is 0. The molecule has 1 aliphatic heterocycles. The Bertz CT molecular complexity index is 615. The zero-order valence-corrected chi connectivity index (χ0v) is 15.8. The number of piperazine rings is 1. The Balaban J connectivity index is 2.15. The summed E-state index contributed by atoms with van der Waals surface area (Å²) in [6.07, 6.45) is 0.474. The molecule has 2 rings (SSSR count). The number of amides is 1. The van der Waals surface area contributed by atoms with Crippen molar-refractivity contribution < 1.29 is 23.5 Å². The summed E-state index contributed by atoms with van der Waals surface area (Å²) in [4.78, 5) is 27.7. The lowest BCUT2D eigenvalue weighted by Gasteiger charge is -2.43. The van der Waals surface area contributed by atoms with Gasteiger partial charge in [0, 0.05) is 26.7 Å². The van der Waals surface area contributed by atoms with Crippen molar-refractivity contribution in [3.8, 4) is 0 Å². The third-order valence-electron chi connectivity index (χ3n) is 4.24. The van der Waals surface area contributed by atoms with E-state index in [9.17, 15) is 14.0 Å². The highest BCUT2D eigenvalue weighted by molar-refractivity contribution is 5.68. The molecule has 144 valence electrons. The molecular formula is C19H27FN2O4. The standard InChI is InChI=1S/C19H27FN2O4/c1-19(2,3)26-18(24)21-9-10-22(16(11-21)13-25-4)17(12-23)14-5-7-15(20)8-6-14/h5-8,12,16-17H,9-11,13H2,1-4H3/t16-,17?/m0/s1. The molecule has 1 aliphatic rings. The smallest absolute Gasteiger partial charge is 0.410 e. The van der Waals surface area contributed by atoms with Crippen LogP contribution < -0.4 is 0 Å². The van der Waals surface area contributed by atoms with E-state index in [-0.39, 0.29) is 18.0 Å². The molecule has 26 heavy (non-hydrogen) atoms. The van der Waals surface area contributed by atoms with Crippen molar-refractivity contribution in [1.82, 2.24) is 9.80 Å². The van der Waals surface area contributed by atoms with E-state index < -0.39 is 11.6 Å². The minimum absolute atomic E-state index is 0.165. The normalized spacial score (nSPS) is 19.9. The zero-order chi connectivity index (χ0) is 19.3. The third kappa shape index (κ3) is 5.25. The number of ether oxygens (including phenoxy) is 2. The average Bonchev–Trinajstić information content (AvgIpc) is 2.57. The number of methoxy groups -OCH3 is 1. The SMILES string of the molecule is COC[C@@H]1CN(C(=O)OC(C)(C)C)CCN1C(C=O)c1ccc(F)cc1. The first-order valence-electron chi connectivity index (χ1n) is 8.68. The van der Waals surface area contributed by atoms with Gasteiger partial charge >= 0.3 is 6.09 Å². The van der Waals surface area contributed by atoms with E-state index in [1.54, 1.807) is 24.1 Å². The monoisotopic (exact) mass is 366 g/mol. The quantitative estimate of drug-likeness (QED) is 0.750. The first kappa shape index (κ1) is 20.3. The van der Waals surface area contributed by atoms with Gasteiger partial charge in [-0.25, -0.2) is 9.18 Å².